The molecular weight excluding hydrogens is 914 g/mol. The van der Waals surface area contributed by atoms with Crippen molar-refractivity contribution in [2.24, 2.45) is 16.2 Å². The molecule has 14 nitrogen and oxygen atoms in total. The molecule has 0 bridgehead atoms. The molecule has 4 atom stereocenters. The summed E-state index contributed by atoms with van der Waals surface area (Å²) in [5, 5.41) is 29.5. The number of hydrogen-bond acceptors (Lipinski definition) is 11. The van der Waals surface area contributed by atoms with E-state index in [1.54, 1.807) is 29.5 Å². The number of nitrogens with one attached hydrogen (secondary N) is 3. The Labute approximate surface area is 416 Å². The van der Waals surface area contributed by atoms with Crippen LogP contribution in [0.4, 0.5) is 5.69 Å². The van der Waals surface area contributed by atoms with Crippen LogP contribution >= 0.6 is 22.9 Å². The zero-order valence-electron chi connectivity index (χ0n) is 41.5. The smallest absolute Gasteiger partial charge is 0.253 e. The highest BCUT2D eigenvalue weighted by molar-refractivity contribution is 7.13. The second kappa shape index (κ2) is 22.0. The maximum absolute atomic E-state index is 14.1. The second-order valence-electron chi connectivity index (χ2n) is 20.7. The normalized spacial score (nSPS) is 20.2. The van der Waals surface area contributed by atoms with Gasteiger partial charge in [0.25, 0.3) is 5.91 Å². The maximum Gasteiger partial charge on any atom is 0.253 e. The fourth-order valence-electron chi connectivity index (χ4n) is 10.4. The molecule has 1 unspecified atom stereocenters. The van der Waals surface area contributed by atoms with Crippen LogP contribution in [0.15, 0.2) is 72.2 Å². The molecule has 4 amide bonds. The first-order valence-corrected chi connectivity index (χ1v) is 24.9. The summed E-state index contributed by atoms with van der Waals surface area (Å²) in [7, 11) is 1.84. The number of benzene rings is 3. The molecule has 2 heterocycles. The summed E-state index contributed by atoms with van der Waals surface area (Å²) in [6, 6.07) is 20.3. The fourth-order valence-corrected chi connectivity index (χ4v) is 11.4. The van der Waals surface area contributed by atoms with Gasteiger partial charge in [-0.25, -0.2) is 4.98 Å². The zero-order valence-corrected chi connectivity index (χ0v) is 43.1. The van der Waals surface area contributed by atoms with E-state index in [0.717, 1.165) is 46.6 Å². The lowest BCUT2D eigenvalue weighted by atomic mass is 9.49. The first-order valence-electron chi connectivity index (χ1n) is 23.7. The van der Waals surface area contributed by atoms with Crippen LogP contribution in [0.3, 0.4) is 0 Å². The number of carbonyl (C=O) groups excluding carboxylic acids is 4. The molecule has 3 aromatic carbocycles. The number of amides is 4. The van der Waals surface area contributed by atoms with Crippen LogP contribution in [-0.4, -0.2) is 107 Å². The average Bonchev–Trinajstić information content (AvgIpc) is 3.92. The number of nitrogens with zero attached hydrogens (tertiary/aromatic N) is 4. The molecule has 4 aromatic rings. The summed E-state index contributed by atoms with van der Waals surface area (Å²) >= 11 is 7.84. The third-order valence-corrected chi connectivity index (χ3v) is 14.8. The van der Waals surface area contributed by atoms with E-state index in [-0.39, 0.29) is 60.4 Å². The van der Waals surface area contributed by atoms with Gasteiger partial charge in [0.2, 0.25) is 17.7 Å². The van der Waals surface area contributed by atoms with Gasteiger partial charge in [0.15, 0.2) is 0 Å². The van der Waals surface area contributed by atoms with Gasteiger partial charge in [0.1, 0.15) is 36.6 Å². The number of aromatic nitrogens is 1. The number of aryl methyl sites for hydroxylation is 1. The number of rotatable bonds is 19. The van der Waals surface area contributed by atoms with E-state index < -0.39 is 35.4 Å². The zero-order chi connectivity index (χ0) is 50.4. The van der Waals surface area contributed by atoms with Crippen LogP contribution in [0.2, 0.25) is 5.02 Å². The largest absolute Gasteiger partial charge is 0.489 e. The SMILES string of the molecule is Cc1ncsc1-c1ccc([C@H](C)NC(=O)[C@@H]2C[C@@H](O)CN2C(=O)C(NC(=O)COCCCCCNc2ccc(C(=O)N(C)C3C(C)(C)C(Oc4ccc(C#N)c(Cl)c4)C3(C)C)cc2)C(C)(C)C)cc1. The Morgan fingerprint density at radius 2 is 1.68 bits per heavy atom. The summed E-state index contributed by atoms with van der Waals surface area (Å²) in [6.07, 6.45) is 1.47. The number of likely N-dealkylation sites (tertiary alicyclic amines) is 1. The minimum Gasteiger partial charge on any atom is -0.489 e. The van der Waals surface area contributed by atoms with Crippen molar-refractivity contribution < 1.29 is 33.8 Å². The highest BCUT2D eigenvalue weighted by atomic mass is 35.5. The van der Waals surface area contributed by atoms with E-state index in [0.29, 0.717) is 35.1 Å². The fraction of sp³-hybridized carbons (Fsp3) is 0.509. The van der Waals surface area contributed by atoms with Gasteiger partial charge >= 0.3 is 0 Å². The highest BCUT2D eigenvalue weighted by Crippen LogP contribution is 2.58. The van der Waals surface area contributed by atoms with Gasteiger partial charge in [-0.2, -0.15) is 5.26 Å². The van der Waals surface area contributed by atoms with Crippen LogP contribution in [-0.2, 0) is 19.1 Å². The molecule has 1 aromatic heterocycles. The molecule has 2 fully saturated rings. The topological polar surface area (TPSA) is 186 Å². The monoisotopic (exact) mass is 981 g/mol. The number of aliphatic hydroxyl groups is 1. The van der Waals surface area contributed by atoms with Crippen molar-refractivity contribution in [3.63, 3.8) is 0 Å². The van der Waals surface area contributed by atoms with E-state index in [2.05, 4.69) is 54.7 Å². The number of halogens is 1. The van der Waals surface area contributed by atoms with Gasteiger partial charge < -0.3 is 40.3 Å². The van der Waals surface area contributed by atoms with E-state index in [1.165, 1.54) is 4.90 Å². The number of hydrogen-bond donors (Lipinski definition) is 4. The van der Waals surface area contributed by atoms with Gasteiger partial charge in [0, 0.05) is 67.4 Å². The van der Waals surface area contributed by atoms with E-state index in [1.807, 2.05) is 101 Å². The Morgan fingerprint density at radius 3 is 2.29 bits per heavy atom. The second-order valence-corrected chi connectivity index (χ2v) is 22.0. The Kier molecular flexibility index (Phi) is 16.9. The Morgan fingerprint density at radius 1 is 1.00 bits per heavy atom. The third-order valence-electron chi connectivity index (χ3n) is 13.5. The van der Waals surface area contributed by atoms with Crippen LogP contribution < -0.4 is 20.7 Å². The first kappa shape index (κ1) is 52.8. The summed E-state index contributed by atoms with van der Waals surface area (Å²) in [5.41, 5.74) is 5.18. The number of ether oxygens (including phenoxy) is 2. The quantitative estimate of drug-likeness (QED) is 0.0664. The molecule has 1 saturated carbocycles. The van der Waals surface area contributed by atoms with Crippen LogP contribution in [0.5, 0.6) is 5.75 Å². The standard InChI is InChI=1S/C53H68ClN7O7S/c1-32(34-14-16-35(17-15-34)44-33(2)57-31-69-44)58-46(64)42-26-39(62)29-61(42)48(66)45(51(3,4)5)59-43(63)30-67-25-13-11-12-24-56-38-21-18-36(19-22-38)47(65)60(10)49-52(6,7)50(53(49,8)9)68-40-23-20-37(28-55)41(54)27-40/h14-23,27,31-32,39,42,45,49-50,56,62H,11-13,24-26,29-30H2,1-10H3,(H,58,64)(H,59,63)/t32-,39+,42-,45?,49?,50?/m0/s1. The van der Waals surface area contributed by atoms with Crippen molar-refractivity contribution in [3.8, 4) is 22.3 Å². The van der Waals surface area contributed by atoms with E-state index in [9.17, 15) is 29.5 Å². The maximum atomic E-state index is 14.1. The van der Waals surface area contributed by atoms with Gasteiger partial charge in [0.05, 0.1) is 38.8 Å². The van der Waals surface area contributed by atoms with E-state index >= 15 is 0 Å². The molecule has 2 aliphatic rings. The minimum atomic E-state index is -0.953. The molecule has 0 spiro atoms. The third kappa shape index (κ3) is 12.3. The molecule has 0 radical (unpaired) electrons. The minimum absolute atomic E-state index is 0.0134. The lowest BCUT2D eigenvalue weighted by Gasteiger charge is -2.65. The predicted octanol–water partition coefficient (Wildman–Crippen LogP) is 8.57. The number of unbranched alkanes of at least 4 members (excludes halogenated alkanes) is 2. The molecule has 1 aliphatic heterocycles. The van der Waals surface area contributed by atoms with Crippen molar-refractivity contribution in [1.29, 1.82) is 5.26 Å². The predicted molar refractivity (Wildman–Crippen MR) is 270 cm³/mol. The number of aliphatic hydroxyl groups excluding tert-OH is 1. The summed E-state index contributed by atoms with van der Waals surface area (Å²) < 4.78 is 12.1. The van der Waals surface area contributed by atoms with Crippen molar-refractivity contribution in [2.45, 2.75) is 124 Å². The van der Waals surface area contributed by atoms with Crippen LogP contribution in [0.25, 0.3) is 10.4 Å². The summed E-state index contributed by atoms with van der Waals surface area (Å²) in [6.45, 7) is 18.6. The van der Waals surface area contributed by atoms with Gasteiger partial charge in [-0.1, -0.05) is 84.3 Å². The number of β-amino-alcohol motifs (C(OH)–C–C–N with tert-alkyl or cyclic N) is 1. The molecule has 16 heteroatoms. The van der Waals surface area contributed by atoms with E-state index in [4.69, 9.17) is 21.1 Å². The van der Waals surface area contributed by atoms with Crippen molar-refractivity contribution in [2.75, 3.05) is 38.7 Å². The number of carbonyl (C=O) groups is 4. The molecule has 1 saturated heterocycles. The first-order chi connectivity index (χ1) is 32.5. The van der Waals surface area contributed by atoms with Crippen LogP contribution in [0.1, 0.15) is 114 Å². The van der Waals surface area contributed by atoms with Crippen molar-refractivity contribution in [3.05, 3.63) is 99.6 Å². The molecule has 370 valence electrons. The molecule has 1 aliphatic carbocycles. The number of anilines is 1. The Bertz CT molecular complexity index is 2480. The average molecular weight is 983 g/mol. The lowest BCUT2D eigenvalue weighted by Crippen LogP contribution is -2.74. The van der Waals surface area contributed by atoms with Gasteiger partial charge in [-0.05, 0) is 86.1 Å². The molecule has 6 rings (SSSR count). The number of thiazole rings is 1. The molecule has 69 heavy (non-hydrogen) atoms. The van der Waals surface area contributed by atoms with Crippen LogP contribution in [0, 0.1) is 34.5 Å². The summed E-state index contributed by atoms with van der Waals surface area (Å²) in [5.74, 6) is -0.723. The Hall–Kier alpha value is -5.53. The molecule has 4 N–H and O–H groups in total. The highest BCUT2D eigenvalue weighted by Gasteiger charge is 2.65. The van der Waals surface area contributed by atoms with Gasteiger partial charge in [-0.15, -0.1) is 11.3 Å². The molecular formula is C53H68ClN7O7S. The number of nitriles is 1. The van der Waals surface area contributed by atoms with Crippen molar-refractivity contribution in [1.82, 2.24) is 25.4 Å². The summed E-state index contributed by atoms with van der Waals surface area (Å²) in [4.78, 5) is 63.2. The Balaban J connectivity index is 0.898. The lowest BCUT2D eigenvalue weighted by molar-refractivity contribution is -0.195. The van der Waals surface area contributed by atoms with Crippen molar-refractivity contribution >= 4 is 52.3 Å². The van der Waals surface area contributed by atoms with Gasteiger partial charge in [-0.3, -0.25) is 19.2 Å².